The van der Waals surface area contributed by atoms with Gasteiger partial charge in [-0.2, -0.15) is 9.78 Å². The molecule has 0 fully saturated rings. The minimum absolute atomic E-state index is 0.157. The molecule has 0 unspecified atom stereocenters. The van der Waals surface area contributed by atoms with E-state index in [0.29, 0.717) is 16.7 Å². The number of carboxylic acid groups (broad SMARTS) is 1. The molecule has 0 spiro atoms. The maximum absolute atomic E-state index is 10.9. The number of hydrogen-bond donors (Lipinski definition) is 2. The van der Waals surface area contributed by atoms with Gasteiger partial charge in [0.15, 0.2) is 5.82 Å². The molecule has 9 heteroatoms. The summed E-state index contributed by atoms with van der Waals surface area (Å²) in [6.45, 7) is 5.43. The van der Waals surface area contributed by atoms with E-state index in [9.17, 15) is 9.90 Å². The van der Waals surface area contributed by atoms with Crippen LogP contribution >= 0.6 is 11.8 Å². The van der Waals surface area contributed by atoms with E-state index in [1.165, 1.54) is 4.68 Å². The van der Waals surface area contributed by atoms with Crippen LogP contribution in [0.2, 0.25) is 0 Å². The third kappa shape index (κ3) is 4.03. The van der Waals surface area contributed by atoms with Gasteiger partial charge in [0.25, 0.3) is 0 Å². The first kappa shape index (κ1) is 18.7. The highest BCUT2D eigenvalue weighted by atomic mass is 32.2. The number of phenolic OH excluding ortho intramolecular Hbond substituents is 1. The highest BCUT2D eigenvalue weighted by Gasteiger charge is 2.18. The van der Waals surface area contributed by atoms with Gasteiger partial charge in [0.05, 0.1) is 23.8 Å². The topological polar surface area (TPSA) is 114 Å². The third-order valence-electron chi connectivity index (χ3n) is 3.87. The highest BCUT2D eigenvalue weighted by Crippen LogP contribution is 2.27. The minimum Gasteiger partial charge on any atom is -0.507 e. The molecule has 0 radical (unpaired) electrons. The number of phenols is 1. The zero-order valence-electron chi connectivity index (χ0n) is 15.0. The number of benzene rings is 1. The molecule has 140 valence electrons. The van der Waals surface area contributed by atoms with E-state index in [2.05, 4.69) is 15.3 Å². The molecule has 8 nitrogen and oxygen atoms in total. The van der Waals surface area contributed by atoms with Gasteiger partial charge in [-0.15, -0.1) is 10.2 Å². The molecule has 2 heterocycles. The number of nitrogens with zero attached hydrogens (tertiary/aromatic N) is 4. The zero-order chi connectivity index (χ0) is 19.6. The van der Waals surface area contributed by atoms with Crippen molar-refractivity contribution in [2.45, 2.75) is 25.9 Å². The molecule has 0 amide bonds. The number of aliphatic carboxylic acids is 1. The number of carboxylic acids is 1. The molecule has 0 aliphatic carbocycles. The van der Waals surface area contributed by atoms with Gasteiger partial charge in [0.1, 0.15) is 11.5 Å². The Kier molecular flexibility index (Phi) is 5.31. The van der Waals surface area contributed by atoms with Crippen molar-refractivity contribution in [2.24, 2.45) is 5.10 Å². The van der Waals surface area contributed by atoms with Gasteiger partial charge in [-0.1, -0.05) is 11.8 Å². The number of hydrogen-bond acceptors (Lipinski definition) is 7. The molecule has 0 aliphatic rings. The van der Waals surface area contributed by atoms with Crippen molar-refractivity contribution in [3.63, 3.8) is 0 Å². The van der Waals surface area contributed by atoms with Crippen molar-refractivity contribution in [2.75, 3.05) is 5.75 Å². The van der Waals surface area contributed by atoms with E-state index in [4.69, 9.17) is 9.52 Å². The van der Waals surface area contributed by atoms with Gasteiger partial charge in [0.2, 0.25) is 5.16 Å². The Labute approximate surface area is 159 Å². The molecule has 3 aromatic rings. The summed E-state index contributed by atoms with van der Waals surface area (Å²) in [5.41, 5.74) is 3.00. The molecule has 2 aromatic heterocycles. The number of thioether (sulfide) groups is 1. The maximum atomic E-state index is 10.9. The van der Waals surface area contributed by atoms with E-state index >= 15 is 0 Å². The molecule has 0 bridgehead atoms. The second kappa shape index (κ2) is 7.67. The summed E-state index contributed by atoms with van der Waals surface area (Å²) in [4.78, 5) is 10.9. The van der Waals surface area contributed by atoms with Crippen LogP contribution < -0.4 is 0 Å². The number of aromatic nitrogens is 3. The predicted octanol–water partition coefficient (Wildman–Crippen LogP) is 3.23. The normalized spacial score (nSPS) is 11.4. The summed E-state index contributed by atoms with van der Waals surface area (Å²) in [6.07, 6.45) is 3.16. The lowest BCUT2D eigenvalue weighted by atomic mass is 10.1. The van der Waals surface area contributed by atoms with Gasteiger partial charge in [-0.05, 0) is 55.7 Å². The fraction of sp³-hybridized carbons (Fsp3) is 0.222. The number of aromatic hydroxyl groups is 1. The predicted molar refractivity (Wildman–Crippen MR) is 101 cm³/mol. The summed E-state index contributed by atoms with van der Waals surface area (Å²) in [5, 5.41) is 31.9. The minimum atomic E-state index is -0.954. The first-order valence-corrected chi connectivity index (χ1v) is 9.04. The van der Waals surface area contributed by atoms with E-state index in [1.807, 2.05) is 26.0 Å². The van der Waals surface area contributed by atoms with Crippen LogP contribution in [0.5, 0.6) is 5.75 Å². The maximum Gasteiger partial charge on any atom is 0.313 e. The Morgan fingerprint density at radius 2 is 2.00 bits per heavy atom. The molecule has 2 N–H and O–H groups in total. The van der Waals surface area contributed by atoms with Crippen molar-refractivity contribution in [1.29, 1.82) is 0 Å². The van der Waals surface area contributed by atoms with Crippen LogP contribution in [0.1, 0.15) is 22.5 Å². The Hall–Kier alpha value is -3.07. The second-order valence-corrected chi connectivity index (χ2v) is 6.88. The lowest BCUT2D eigenvalue weighted by Gasteiger charge is -2.06. The SMILES string of the molecule is Cc1cc(/C=N/n2c(SCC(=O)O)nnc2-c2ccoc2C)cc(C)c1O. The van der Waals surface area contributed by atoms with Crippen LogP contribution in [-0.2, 0) is 4.79 Å². The Morgan fingerprint density at radius 1 is 1.30 bits per heavy atom. The number of aryl methyl sites for hydroxylation is 3. The Morgan fingerprint density at radius 3 is 2.59 bits per heavy atom. The van der Waals surface area contributed by atoms with Gasteiger partial charge >= 0.3 is 5.97 Å². The number of rotatable bonds is 6. The first-order chi connectivity index (χ1) is 12.9. The third-order valence-corrected chi connectivity index (χ3v) is 4.78. The zero-order valence-corrected chi connectivity index (χ0v) is 15.8. The molecule has 1 aromatic carbocycles. The van der Waals surface area contributed by atoms with Crippen LogP contribution in [0.4, 0.5) is 0 Å². The summed E-state index contributed by atoms with van der Waals surface area (Å²) >= 11 is 1.03. The molecular weight excluding hydrogens is 368 g/mol. The van der Waals surface area contributed by atoms with Gasteiger partial charge in [-0.25, -0.2) is 0 Å². The van der Waals surface area contributed by atoms with Crippen LogP contribution in [-0.4, -0.2) is 43.0 Å². The smallest absolute Gasteiger partial charge is 0.313 e. The van der Waals surface area contributed by atoms with Crippen LogP contribution in [0, 0.1) is 20.8 Å². The lowest BCUT2D eigenvalue weighted by Crippen LogP contribution is -2.02. The van der Waals surface area contributed by atoms with E-state index in [1.54, 1.807) is 25.5 Å². The first-order valence-electron chi connectivity index (χ1n) is 8.06. The quantitative estimate of drug-likeness (QED) is 0.494. The van der Waals surface area contributed by atoms with E-state index in [0.717, 1.165) is 34.0 Å². The monoisotopic (exact) mass is 386 g/mol. The highest BCUT2D eigenvalue weighted by molar-refractivity contribution is 7.99. The fourth-order valence-corrected chi connectivity index (χ4v) is 3.17. The molecule has 3 rings (SSSR count). The standard InChI is InChI=1S/C18H18N4O4S/c1-10-6-13(7-11(2)16(10)25)8-19-22-17(14-4-5-26-12(14)3)20-21-18(22)27-9-15(23)24/h4-8,25H,9H2,1-3H3,(H,23,24)/b19-8+. The summed E-state index contributed by atoms with van der Waals surface area (Å²) in [6, 6.07) is 5.37. The Balaban J connectivity index is 2.02. The average Bonchev–Trinajstić information content (AvgIpc) is 3.21. The van der Waals surface area contributed by atoms with Gasteiger partial charge in [0, 0.05) is 0 Å². The summed E-state index contributed by atoms with van der Waals surface area (Å²) in [7, 11) is 0. The van der Waals surface area contributed by atoms with Crippen molar-refractivity contribution in [1.82, 2.24) is 14.9 Å². The number of furan rings is 1. The molecule has 0 aliphatic heterocycles. The second-order valence-electron chi connectivity index (χ2n) is 5.94. The van der Waals surface area contributed by atoms with Gasteiger partial charge < -0.3 is 14.6 Å². The van der Waals surface area contributed by atoms with Crippen molar-refractivity contribution in [3.05, 3.63) is 46.9 Å². The van der Waals surface area contributed by atoms with Crippen molar-refractivity contribution >= 4 is 23.9 Å². The van der Waals surface area contributed by atoms with E-state index < -0.39 is 5.97 Å². The number of carbonyl (C=O) groups is 1. The Bertz CT molecular complexity index is 999. The lowest BCUT2D eigenvalue weighted by molar-refractivity contribution is -0.133. The molecule has 0 atom stereocenters. The molecule has 27 heavy (non-hydrogen) atoms. The fourth-order valence-electron chi connectivity index (χ4n) is 2.56. The average molecular weight is 386 g/mol. The van der Waals surface area contributed by atoms with Crippen LogP contribution in [0.15, 0.2) is 39.1 Å². The van der Waals surface area contributed by atoms with E-state index in [-0.39, 0.29) is 11.5 Å². The molecule has 0 saturated heterocycles. The van der Waals surface area contributed by atoms with Gasteiger partial charge in [-0.3, -0.25) is 4.79 Å². The van der Waals surface area contributed by atoms with Crippen LogP contribution in [0.3, 0.4) is 0 Å². The van der Waals surface area contributed by atoms with Crippen molar-refractivity contribution in [3.8, 4) is 17.1 Å². The summed E-state index contributed by atoms with van der Waals surface area (Å²) in [5.74, 6) is 0.255. The summed E-state index contributed by atoms with van der Waals surface area (Å²) < 4.78 is 6.82. The molecule has 0 saturated carbocycles. The van der Waals surface area contributed by atoms with Crippen LogP contribution in [0.25, 0.3) is 11.4 Å². The van der Waals surface area contributed by atoms with Crippen molar-refractivity contribution < 1.29 is 19.4 Å². The largest absolute Gasteiger partial charge is 0.507 e. The molecular formula is C18H18N4O4S.